The van der Waals surface area contributed by atoms with E-state index in [1.165, 1.54) is 20.0 Å². The van der Waals surface area contributed by atoms with Gasteiger partial charge in [-0.15, -0.1) is 0 Å². The van der Waals surface area contributed by atoms with E-state index >= 15 is 0 Å². The summed E-state index contributed by atoms with van der Waals surface area (Å²) in [6, 6.07) is 5.90. The Morgan fingerprint density at radius 1 is 1.13 bits per heavy atom. The molecule has 1 aromatic carbocycles. The quantitative estimate of drug-likeness (QED) is 0.478. The molecule has 0 aliphatic carbocycles. The molecule has 1 aliphatic heterocycles. The van der Waals surface area contributed by atoms with Crippen LogP contribution in [0.4, 0.5) is 5.69 Å². The molecule has 1 saturated heterocycles. The zero-order valence-electron chi connectivity index (χ0n) is 13.8. The zero-order valence-corrected chi connectivity index (χ0v) is 15.4. The maximum atomic E-state index is 11.9. The van der Waals surface area contributed by atoms with Crippen molar-refractivity contribution in [1.82, 2.24) is 0 Å². The van der Waals surface area contributed by atoms with Gasteiger partial charge in [-0.2, -0.15) is 0 Å². The van der Waals surface area contributed by atoms with Crippen LogP contribution in [-0.4, -0.2) is 17.7 Å². The molecule has 1 aliphatic rings. The first kappa shape index (κ1) is 17.5. The lowest BCUT2D eigenvalue weighted by Gasteiger charge is -2.29. The van der Waals surface area contributed by atoms with Crippen LogP contribution < -0.4 is 5.32 Å². The maximum Gasteiger partial charge on any atom is 0.350 e. The second-order valence-corrected chi connectivity index (χ2v) is 7.68. The van der Waals surface area contributed by atoms with E-state index in [0.717, 1.165) is 15.7 Å². The van der Waals surface area contributed by atoms with Crippen molar-refractivity contribution in [2.75, 3.05) is 5.32 Å². The average Bonchev–Trinajstić information content (AvgIpc) is 2.36. The number of carbonyl (C=O) groups is 2. The molecule has 5 nitrogen and oxygen atoms in total. The predicted octanol–water partition coefficient (Wildman–Crippen LogP) is 3.88. The van der Waals surface area contributed by atoms with Crippen molar-refractivity contribution in [2.45, 2.75) is 45.8 Å². The third kappa shape index (κ3) is 4.13. The zero-order chi connectivity index (χ0) is 17.4. The van der Waals surface area contributed by atoms with E-state index in [2.05, 4.69) is 42.0 Å². The third-order valence-electron chi connectivity index (χ3n) is 3.32. The number of benzene rings is 1. The number of hydrogen-bond acceptors (Lipinski definition) is 5. The van der Waals surface area contributed by atoms with Crippen LogP contribution in [0.15, 0.2) is 34.4 Å². The molecule has 0 unspecified atom stereocenters. The van der Waals surface area contributed by atoms with Gasteiger partial charge in [0.25, 0.3) is 5.79 Å². The van der Waals surface area contributed by atoms with E-state index in [0.29, 0.717) is 0 Å². The van der Waals surface area contributed by atoms with Crippen LogP contribution in [0.25, 0.3) is 0 Å². The fraction of sp³-hybridized carbons (Fsp3) is 0.412. The van der Waals surface area contributed by atoms with Gasteiger partial charge in [-0.05, 0) is 39.0 Å². The second-order valence-electron chi connectivity index (χ2n) is 6.83. The standard InChI is InChI=1S/C17H20BrNO4/c1-16(2,3)10-6-7-12(18)13(8-10)19-9-11-14(20)22-17(4,5)23-15(11)21/h6-9,19H,1-5H3. The Hall–Kier alpha value is -1.82. The Kier molecular flexibility index (Phi) is 4.57. The number of cyclic esters (lactones) is 2. The molecule has 1 fully saturated rings. The fourth-order valence-corrected chi connectivity index (χ4v) is 2.39. The first-order valence-corrected chi connectivity index (χ1v) is 8.02. The molecule has 23 heavy (non-hydrogen) atoms. The summed E-state index contributed by atoms with van der Waals surface area (Å²) in [6.45, 7) is 9.34. The highest BCUT2D eigenvalue weighted by Crippen LogP contribution is 2.30. The summed E-state index contributed by atoms with van der Waals surface area (Å²) in [5.41, 5.74) is 1.68. The minimum atomic E-state index is -1.24. The fourth-order valence-electron chi connectivity index (χ4n) is 2.03. The highest BCUT2D eigenvalue weighted by atomic mass is 79.9. The largest absolute Gasteiger partial charge is 0.419 e. The van der Waals surface area contributed by atoms with Crippen molar-refractivity contribution in [3.8, 4) is 0 Å². The van der Waals surface area contributed by atoms with Crippen molar-refractivity contribution < 1.29 is 19.1 Å². The molecule has 6 heteroatoms. The summed E-state index contributed by atoms with van der Waals surface area (Å²) in [5, 5.41) is 2.97. The molecule has 0 bridgehead atoms. The number of halogens is 1. The summed E-state index contributed by atoms with van der Waals surface area (Å²) < 4.78 is 10.9. The number of ether oxygens (including phenoxy) is 2. The van der Waals surface area contributed by atoms with Crippen molar-refractivity contribution in [3.05, 3.63) is 40.0 Å². The summed E-state index contributed by atoms with van der Waals surface area (Å²) in [7, 11) is 0. The average molecular weight is 382 g/mol. The smallest absolute Gasteiger partial charge is 0.350 e. The van der Waals surface area contributed by atoms with Crippen LogP contribution >= 0.6 is 15.9 Å². The summed E-state index contributed by atoms with van der Waals surface area (Å²) in [5.74, 6) is -2.65. The number of rotatable bonds is 2. The van der Waals surface area contributed by atoms with Gasteiger partial charge in [0.15, 0.2) is 5.57 Å². The summed E-state index contributed by atoms with van der Waals surface area (Å²) >= 11 is 3.45. The Morgan fingerprint density at radius 3 is 2.22 bits per heavy atom. The molecule has 1 N–H and O–H groups in total. The monoisotopic (exact) mass is 381 g/mol. The molecule has 0 spiro atoms. The molecule has 0 radical (unpaired) electrons. The Bertz CT molecular complexity index is 664. The Morgan fingerprint density at radius 2 is 1.70 bits per heavy atom. The molecule has 124 valence electrons. The van der Waals surface area contributed by atoms with E-state index < -0.39 is 17.7 Å². The van der Waals surface area contributed by atoms with Crippen molar-refractivity contribution in [3.63, 3.8) is 0 Å². The van der Waals surface area contributed by atoms with Gasteiger partial charge in [-0.3, -0.25) is 0 Å². The molecule has 1 aromatic rings. The number of nitrogens with one attached hydrogen (secondary N) is 1. The number of carbonyl (C=O) groups excluding carboxylic acids is 2. The molecular formula is C17H20BrNO4. The molecular weight excluding hydrogens is 362 g/mol. The van der Waals surface area contributed by atoms with Gasteiger partial charge in [0.1, 0.15) is 0 Å². The van der Waals surface area contributed by atoms with Crippen LogP contribution in [0.1, 0.15) is 40.2 Å². The van der Waals surface area contributed by atoms with Crippen molar-refractivity contribution in [2.24, 2.45) is 0 Å². The minimum Gasteiger partial charge on any atom is -0.419 e. The van der Waals surface area contributed by atoms with E-state index in [1.54, 1.807) is 0 Å². The van der Waals surface area contributed by atoms with Gasteiger partial charge in [0, 0.05) is 24.5 Å². The molecule has 2 rings (SSSR count). The lowest BCUT2D eigenvalue weighted by atomic mass is 9.87. The molecule has 0 amide bonds. The molecule has 0 saturated carbocycles. The summed E-state index contributed by atoms with van der Waals surface area (Å²) in [4.78, 5) is 23.8. The number of hydrogen-bond donors (Lipinski definition) is 1. The second kappa shape index (κ2) is 6.00. The highest BCUT2D eigenvalue weighted by molar-refractivity contribution is 9.10. The summed E-state index contributed by atoms with van der Waals surface area (Å²) in [6.07, 6.45) is 1.31. The van der Waals surface area contributed by atoms with Crippen LogP contribution in [0.5, 0.6) is 0 Å². The van der Waals surface area contributed by atoms with Crippen molar-refractivity contribution in [1.29, 1.82) is 0 Å². The predicted molar refractivity (Wildman–Crippen MR) is 90.8 cm³/mol. The SMILES string of the molecule is CC1(C)OC(=O)C(=CNc2cc(C(C)(C)C)ccc2Br)C(=O)O1. The molecule has 1 heterocycles. The van der Waals surface area contributed by atoms with Gasteiger partial charge in [0.2, 0.25) is 0 Å². The van der Waals surface area contributed by atoms with Gasteiger partial charge in [-0.25, -0.2) is 9.59 Å². The van der Waals surface area contributed by atoms with Crippen LogP contribution in [0.2, 0.25) is 0 Å². The van der Waals surface area contributed by atoms with E-state index in [9.17, 15) is 9.59 Å². The van der Waals surface area contributed by atoms with Gasteiger partial charge in [-0.1, -0.05) is 26.8 Å². The third-order valence-corrected chi connectivity index (χ3v) is 4.01. The van der Waals surface area contributed by atoms with Gasteiger partial charge in [0.05, 0.1) is 5.69 Å². The lowest BCUT2D eigenvalue weighted by Crippen LogP contribution is -2.42. The van der Waals surface area contributed by atoms with Crippen LogP contribution in [0, 0.1) is 0 Å². The van der Waals surface area contributed by atoms with Crippen LogP contribution in [0.3, 0.4) is 0 Å². The van der Waals surface area contributed by atoms with Gasteiger partial charge < -0.3 is 14.8 Å². The number of esters is 2. The van der Waals surface area contributed by atoms with E-state index in [4.69, 9.17) is 9.47 Å². The van der Waals surface area contributed by atoms with E-state index in [1.807, 2.05) is 18.2 Å². The van der Waals surface area contributed by atoms with Crippen LogP contribution in [-0.2, 0) is 24.5 Å². The normalized spacial score (nSPS) is 17.4. The molecule has 0 atom stereocenters. The van der Waals surface area contributed by atoms with Crippen molar-refractivity contribution >= 4 is 33.6 Å². The topological polar surface area (TPSA) is 64.6 Å². The Labute approximate surface area is 144 Å². The molecule has 0 aromatic heterocycles. The van der Waals surface area contributed by atoms with Gasteiger partial charge >= 0.3 is 11.9 Å². The number of anilines is 1. The van der Waals surface area contributed by atoms with E-state index in [-0.39, 0.29) is 11.0 Å². The first-order chi connectivity index (χ1) is 10.5. The minimum absolute atomic E-state index is 0.0169. The first-order valence-electron chi connectivity index (χ1n) is 7.23. The highest BCUT2D eigenvalue weighted by Gasteiger charge is 2.38. The lowest BCUT2D eigenvalue weighted by molar-refractivity contribution is -0.222. The maximum absolute atomic E-state index is 11.9. The Balaban J connectivity index is 2.26.